The van der Waals surface area contributed by atoms with E-state index in [1.807, 2.05) is 4.83 Å². The molecule has 1 aliphatic rings. The second-order valence-electron chi connectivity index (χ2n) is 3.69. The highest BCUT2D eigenvalue weighted by molar-refractivity contribution is 7.89. The molecular weight excluding hydrogens is 258 g/mol. The summed E-state index contributed by atoms with van der Waals surface area (Å²) in [5.41, 5.74) is 5.49. The van der Waals surface area contributed by atoms with E-state index >= 15 is 0 Å². The number of carbonyl (C=O) groups excluding carboxylic acids is 2. The zero-order valence-corrected chi connectivity index (χ0v) is 10.1. The van der Waals surface area contributed by atoms with E-state index in [2.05, 4.69) is 0 Å². The summed E-state index contributed by atoms with van der Waals surface area (Å²) in [6, 6.07) is 6.13. The van der Waals surface area contributed by atoms with E-state index in [0.29, 0.717) is 5.01 Å². The first kappa shape index (κ1) is 12.7. The highest BCUT2D eigenvalue weighted by Gasteiger charge is 2.37. The lowest BCUT2D eigenvalue weighted by molar-refractivity contribution is 0.0618. The van der Waals surface area contributed by atoms with Gasteiger partial charge in [0.1, 0.15) is 0 Å². The Hall–Kier alpha value is -1.77. The molecule has 96 valence electrons. The first-order valence-electron chi connectivity index (χ1n) is 5.14. The lowest BCUT2D eigenvalue weighted by atomic mass is 10.1. The number of nitrogens with two attached hydrogens (primary N) is 1. The fraction of sp³-hybridized carbons (Fsp3) is 0.200. The van der Waals surface area contributed by atoms with Gasteiger partial charge in [-0.05, 0) is 12.1 Å². The Balaban J connectivity index is 2.30. The van der Waals surface area contributed by atoms with Crippen molar-refractivity contribution in [3.8, 4) is 0 Å². The van der Waals surface area contributed by atoms with Crippen LogP contribution in [0.1, 0.15) is 20.7 Å². The minimum Gasteiger partial charge on any atom is -0.329 e. The van der Waals surface area contributed by atoms with Crippen LogP contribution in [0.2, 0.25) is 0 Å². The summed E-state index contributed by atoms with van der Waals surface area (Å²) >= 11 is 0. The summed E-state index contributed by atoms with van der Waals surface area (Å²) in [4.78, 5) is 25.6. The van der Waals surface area contributed by atoms with Crippen LogP contribution in [-0.4, -0.2) is 37.5 Å². The van der Waals surface area contributed by atoms with Crippen molar-refractivity contribution < 1.29 is 18.0 Å². The van der Waals surface area contributed by atoms with Crippen LogP contribution in [0.25, 0.3) is 0 Å². The van der Waals surface area contributed by atoms with Crippen molar-refractivity contribution in [1.82, 2.24) is 9.84 Å². The molecule has 0 unspecified atom stereocenters. The molecule has 1 aromatic rings. The molecule has 1 aliphatic heterocycles. The zero-order valence-electron chi connectivity index (χ0n) is 9.29. The third-order valence-electron chi connectivity index (χ3n) is 2.41. The van der Waals surface area contributed by atoms with Gasteiger partial charge in [0.2, 0.25) is 10.0 Å². The second kappa shape index (κ2) is 4.48. The first-order valence-corrected chi connectivity index (χ1v) is 6.79. The Bertz CT molecular complexity index is 576. The predicted octanol–water partition coefficient (Wildman–Crippen LogP) is -0.924. The number of sulfonamides is 1. The lowest BCUT2D eigenvalue weighted by Crippen LogP contribution is -2.47. The Labute approximate surface area is 104 Å². The normalized spacial score (nSPS) is 15.1. The summed E-state index contributed by atoms with van der Waals surface area (Å²) in [6.45, 7) is -0.0987. The number of hydrazine groups is 1. The maximum Gasteiger partial charge on any atom is 0.277 e. The molecule has 0 aromatic heterocycles. The number of nitrogens with zero attached hydrogens (tertiary/aromatic N) is 1. The molecule has 7 nitrogen and oxygen atoms in total. The molecule has 2 rings (SSSR count). The summed E-state index contributed by atoms with van der Waals surface area (Å²) in [6.07, 6.45) is 0. The zero-order chi connectivity index (χ0) is 13.3. The lowest BCUT2D eigenvalue weighted by Gasteiger charge is -2.14. The number of hydrogen-bond acceptors (Lipinski definition) is 5. The van der Waals surface area contributed by atoms with Gasteiger partial charge in [0.15, 0.2) is 0 Å². The van der Waals surface area contributed by atoms with Gasteiger partial charge in [0.25, 0.3) is 11.8 Å². The smallest absolute Gasteiger partial charge is 0.277 e. The Morgan fingerprint density at radius 2 is 1.61 bits per heavy atom. The number of benzene rings is 1. The van der Waals surface area contributed by atoms with E-state index in [1.165, 1.54) is 12.1 Å². The molecule has 3 N–H and O–H groups in total. The van der Waals surface area contributed by atoms with E-state index in [9.17, 15) is 18.0 Å². The van der Waals surface area contributed by atoms with Gasteiger partial charge < -0.3 is 5.73 Å². The van der Waals surface area contributed by atoms with E-state index in [4.69, 9.17) is 5.73 Å². The molecule has 0 saturated heterocycles. The van der Waals surface area contributed by atoms with Crippen LogP contribution >= 0.6 is 0 Å². The molecular formula is C10H11N3O4S. The molecule has 18 heavy (non-hydrogen) atoms. The number of fused-ring (bicyclic) bond motifs is 1. The standard InChI is InChI=1S/C10H11N3O4S/c11-5-6-18(16,17)12-13-9(14)7-3-1-2-4-8(7)10(13)15/h1-4,12H,5-6,11H2. The van der Waals surface area contributed by atoms with Gasteiger partial charge in [-0.2, -0.15) is 5.01 Å². The van der Waals surface area contributed by atoms with Crippen molar-refractivity contribution in [2.75, 3.05) is 12.3 Å². The van der Waals surface area contributed by atoms with Crippen molar-refractivity contribution in [2.24, 2.45) is 5.73 Å². The van der Waals surface area contributed by atoms with Crippen molar-refractivity contribution in [3.63, 3.8) is 0 Å². The van der Waals surface area contributed by atoms with E-state index in [0.717, 1.165) is 0 Å². The van der Waals surface area contributed by atoms with Crippen molar-refractivity contribution >= 4 is 21.8 Å². The van der Waals surface area contributed by atoms with Crippen LogP contribution in [0, 0.1) is 0 Å². The average Bonchev–Trinajstić information content (AvgIpc) is 2.55. The average molecular weight is 269 g/mol. The van der Waals surface area contributed by atoms with Crippen molar-refractivity contribution in [3.05, 3.63) is 35.4 Å². The molecule has 0 atom stereocenters. The third-order valence-corrected chi connectivity index (χ3v) is 3.64. The number of imide groups is 1. The predicted molar refractivity (Wildman–Crippen MR) is 62.9 cm³/mol. The highest BCUT2D eigenvalue weighted by Crippen LogP contribution is 2.20. The van der Waals surface area contributed by atoms with Gasteiger partial charge >= 0.3 is 0 Å². The van der Waals surface area contributed by atoms with Gasteiger partial charge in [0, 0.05) is 6.54 Å². The van der Waals surface area contributed by atoms with E-state index in [1.54, 1.807) is 12.1 Å². The Morgan fingerprint density at radius 3 is 2.06 bits per heavy atom. The monoisotopic (exact) mass is 269 g/mol. The van der Waals surface area contributed by atoms with Gasteiger partial charge in [-0.25, -0.2) is 8.42 Å². The van der Waals surface area contributed by atoms with Crippen molar-refractivity contribution in [1.29, 1.82) is 0 Å². The van der Waals surface area contributed by atoms with Gasteiger partial charge in [-0.1, -0.05) is 12.1 Å². The number of nitrogens with one attached hydrogen (secondary N) is 1. The highest BCUT2D eigenvalue weighted by atomic mass is 32.2. The molecule has 0 fully saturated rings. The molecule has 0 saturated carbocycles. The maximum atomic E-state index is 11.8. The van der Waals surface area contributed by atoms with Gasteiger partial charge in [-0.3, -0.25) is 9.59 Å². The van der Waals surface area contributed by atoms with Crippen LogP contribution in [0.4, 0.5) is 0 Å². The Morgan fingerprint density at radius 1 is 1.11 bits per heavy atom. The fourth-order valence-electron chi connectivity index (χ4n) is 1.61. The van der Waals surface area contributed by atoms with Crippen LogP contribution < -0.4 is 10.6 Å². The topological polar surface area (TPSA) is 110 Å². The summed E-state index contributed by atoms with van der Waals surface area (Å²) < 4.78 is 23.0. The molecule has 0 aliphatic carbocycles. The van der Waals surface area contributed by atoms with E-state index in [-0.39, 0.29) is 23.4 Å². The van der Waals surface area contributed by atoms with Crippen LogP contribution in [0.5, 0.6) is 0 Å². The number of hydrogen-bond donors (Lipinski definition) is 2. The fourth-order valence-corrected chi connectivity index (χ4v) is 2.46. The Kier molecular flexibility index (Phi) is 3.16. The first-order chi connectivity index (χ1) is 8.46. The molecule has 1 heterocycles. The number of carbonyl (C=O) groups is 2. The molecule has 0 spiro atoms. The van der Waals surface area contributed by atoms with Gasteiger partial charge in [-0.15, -0.1) is 4.83 Å². The van der Waals surface area contributed by atoms with Crippen molar-refractivity contribution in [2.45, 2.75) is 0 Å². The summed E-state index contributed by atoms with van der Waals surface area (Å²) in [5, 5.41) is 0.496. The second-order valence-corrected chi connectivity index (χ2v) is 5.51. The molecule has 2 amide bonds. The molecule has 1 aromatic carbocycles. The quantitative estimate of drug-likeness (QED) is 0.687. The maximum absolute atomic E-state index is 11.8. The number of rotatable bonds is 4. The van der Waals surface area contributed by atoms with Crippen LogP contribution in [0.15, 0.2) is 24.3 Å². The van der Waals surface area contributed by atoms with Crippen LogP contribution in [-0.2, 0) is 10.0 Å². The minimum absolute atomic E-state index is 0.0987. The summed E-state index contributed by atoms with van der Waals surface area (Å²) in [7, 11) is -3.79. The summed E-state index contributed by atoms with van der Waals surface area (Å²) in [5.74, 6) is -1.73. The largest absolute Gasteiger partial charge is 0.329 e. The van der Waals surface area contributed by atoms with Crippen LogP contribution in [0.3, 0.4) is 0 Å². The molecule has 0 radical (unpaired) electrons. The molecule has 0 bridgehead atoms. The minimum atomic E-state index is -3.79. The third kappa shape index (κ3) is 2.13. The van der Waals surface area contributed by atoms with Gasteiger partial charge in [0.05, 0.1) is 16.9 Å². The van der Waals surface area contributed by atoms with E-state index < -0.39 is 21.8 Å². The molecule has 8 heteroatoms. The SMILES string of the molecule is NCCS(=O)(=O)NN1C(=O)c2ccccc2C1=O. The number of amides is 2.